The maximum Gasteiger partial charge on any atom is 0.398 e. The van der Waals surface area contributed by atoms with Gasteiger partial charge >= 0.3 is 8.56 Å². The summed E-state index contributed by atoms with van der Waals surface area (Å²) in [5.74, 6) is 0. The number of rotatable bonds is 5. The lowest BCUT2D eigenvalue weighted by atomic mass is 10.4. The van der Waals surface area contributed by atoms with Gasteiger partial charge in [-0.15, -0.1) is 0 Å². The van der Waals surface area contributed by atoms with E-state index in [0.29, 0.717) is 0 Å². The second-order valence-corrected chi connectivity index (χ2v) is 6.95. The van der Waals surface area contributed by atoms with Crippen molar-refractivity contribution in [3.63, 3.8) is 0 Å². The molecular weight excluding hydrogens is 180 g/mol. The fourth-order valence-electron chi connectivity index (χ4n) is 1.77. The summed E-state index contributed by atoms with van der Waals surface area (Å²) in [5.41, 5.74) is 0. The van der Waals surface area contributed by atoms with Gasteiger partial charge in [-0.3, -0.25) is 0 Å². The molecule has 0 saturated carbocycles. The van der Waals surface area contributed by atoms with Gasteiger partial charge in [-0.25, -0.2) is 0 Å². The van der Waals surface area contributed by atoms with Crippen molar-refractivity contribution >= 4 is 8.56 Å². The van der Waals surface area contributed by atoms with E-state index in [1.54, 1.807) is 6.26 Å². The first kappa shape index (κ1) is 10.8. The minimum absolute atomic E-state index is 0.893. The van der Waals surface area contributed by atoms with Crippen LogP contribution in [0.1, 0.15) is 32.6 Å². The fourth-order valence-corrected chi connectivity index (χ4v) is 5.12. The maximum absolute atomic E-state index is 5.85. The van der Waals surface area contributed by atoms with Gasteiger partial charge in [-0.1, -0.05) is 26.3 Å². The molecule has 0 aromatic rings. The van der Waals surface area contributed by atoms with E-state index in [2.05, 4.69) is 13.5 Å². The van der Waals surface area contributed by atoms with Crippen LogP contribution in [0.2, 0.25) is 12.1 Å². The van der Waals surface area contributed by atoms with Crippen molar-refractivity contribution in [3.05, 3.63) is 12.8 Å². The van der Waals surface area contributed by atoms with Crippen molar-refractivity contribution in [2.24, 2.45) is 0 Å². The maximum atomic E-state index is 5.85. The third kappa shape index (κ3) is 3.16. The molecule has 0 N–H and O–H groups in total. The Bertz CT molecular complexity index is 153. The predicted octanol–water partition coefficient (Wildman–Crippen LogP) is 3.20. The molecule has 0 spiro atoms. The van der Waals surface area contributed by atoms with Gasteiger partial charge in [0, 0.05) is 18.7 Å². The van der Waals surface area contributed by atoms with Gasteiger partial charge in [0.15, 0.2) is 0 Å². The normalized spacial score (nSPS) is 28.4. The van der Waals surface area contributed by atoms with Crippen LogP contribution in [-0.4, -0.2) is 15.2 Å². The first-order valence-corrected chi connectivity index (χ1v) is 7.49. The zero-order chi connectivity index (χ0) is 9.57. The smallest absolute Gasteiger partial charge is 0.398 e. The van der Waals surface area contributed by atoms with E-state index in [1.165, 1.54) is 25.7 Å². The van der Waals surface area contributed by atoms with Gasteiger partial charge in [0.2, 0.25) is 0 Å². The molecule has 1 heterocycles. The molecule has 0 bridgehead atoms. The minimum Gasteiger partial charge on any atom is -0.527 e. The highest BCUT2D eigenvalue weighted by molar-refractivity contribution is 6.67. The van der Waals surface area contributed by atoms with Crippen LogP contribution < -0.4 is 0 Å². The first-order chi connectivity index (χ1) is 6.33. The molecule has 0 aliphatic carbocycles. The summed E-state index contributed by atoms with van der Waals surface area (Å²) in [4.78, 5) is 0. The molecule has 1 aliphatic heterocycles. The second kappa shape index (κ2) is 5.45. The molecule has 3 heteroatoms. The van der Waals surface area contributed by atoms with E-state index in [1.807, 2.05) is 0 Å². The highest BCUT2D eigenvalue weighted by Gasteiger charge is 2.39. The predicted molar refractivity (Wildman–Crippen MR) is 56.7 cm³/mol. The van der Waals surface area contributed by atoms with Crippen LogP contribution in [0.3, 0.4) is 0 Å². The average molecular weight is 200 g/mol. The fraction of sp³-hybridized carbons (Fsp3) is 0.800. The largest absolute Gasteiger partial charge is 0.527 e. The Morgan fingerprint density at radius 2 is 2.38 bits per heavy atom. The van der Waals surface area contributed by atoms with Crippen molar-refractivity contribution in [1.82, 2.24) is 0 Å². The van der Waals surface area contributed by atoms with Crippen LogP contribution in [0.5, 0.6) is 0 Å². The van der Waals surface area contributed by atoms with Crippen molar-refractivity contribution in [3.8, 4) is 0 Å². The third-order valence-electron chi connectivity index (χ3n) is 2.53. The molecule has 0 aromatic heterocycles. The highest BCUT2D eigenvalue weighted by Crippen LogP contribution is 2.28. The molecular formula is C10H20O2Si. The molecule has 0 aromatic carbocycles. The van der Waals surface area contributed by atoms with Gasteiger partial charge in [0.05, 0.1) is 6.26 Å². The summed E-state index contributed by atoms with van der Waals surface area (Å²) in [6, 6.07) is 2.29. The molecule has 1 saturated heterocycles. The summed E-state index contributed by atoms with van der Waals surface area (Å²) >= 11 is 0. The number of unbranched alkanes of at least 4 members (excludes halogenated alkanes) is 1. The summed E-state index contributed by atoms with van der Waals surface area (Å²) in [6.45, 7) is 6.74. The summed E-state index contributed by atoms with van der Waals surface area (Å²) in [5, 5.41) is 0. The molecule has 1 atom stereocenters. The Kier molecular flexibility index (Phi) is 4.52. The standard InChI is InChI=1S/C10H20O2Si/c1-3-5-9-13(11-4-2)10-7-6-8-12-13/h4H,2-3,5-10H2,1H3. The van der Waals surface area contributed by atoms with E-state index in [-0.39, 0.29) is 0 Å². The molecule has 0 radical (unpaired) electrons. The van der Waals surface area contributed by atoms with E-state index >= 15 is 0 Å². The lowest BCUT2D eigenvalue weighted by Gasteiger charge is -2.32. The summed E-state index contributed by atoms with van der Waals surface area (Å²) in [7, 11) is -1.82. The summed E-state index contributed by atoms with van der Waals surface area (Å²) in [6.07, 6.45) is 6.48. The van der Waals surface area contributed by atoms with E-state index in [9.17, 15) is 0 Å². The molecule has 1 aliphatic rings. The molecule has 1 fully saturated rings. The molecule has 76 valence electrons. The first-order valence-electron chi connectivity index (χ1n) is 5.26. The lowest BCUT2D eigenvalue weighted by Crippen LogP contribution is -2.43. The number of hydrogen-bond acceptors (Lipinski definition) is 2. The van der Waals surface area contributed by atoms with E-state index in [4.69, 9.17) is 8.85 Å². The second-order valence-electron chi connectivity index (χ2n) is 3.60. The van der Waals surface area contributed by atoms with Gasteiger partial charge in [-0.05, 0) is 12.8 Å². The molecule has 2 nitrogen and oxygen atoms in total. The van der Waals surface area contributed by atoms with Crippen molar-refractivity contribution < 1.29 is 8.85 Å². The average Bonchev–Trinajstić information content (AvgIpc) is 2.17. The van der Waals surface area contributed by atoms with Crippen LogP contribution >= 0.6 is 0 Å². The SMILES string of the molecule is C=CO[Si]1(CCCC)CCCCO1. The van der Waals surface area contributed by atoms with Crippen LogP contribution in [-0.2, 0) is 8.85 Å². The molecule has 13 heavy (non-hydrogen) atoms. The summed E-state index contributed by atoms with van der Waals surface area (Å²) < 4.78 is 11.5. The molecule has 1 unspecified atom stereocenters. The Morgan fingerprint density at radius 3 is 2.92 bits per heavy atom. The molecule has 1 rings (SSSR count). The van der Waals surface area contributed by atoms with Gasteiger partial charge in [0.1, 0.15) is 0 Å². The Balaban J connectivity index is 2.45. The van der Waals surface area contributed by atoms with E-state index < -0.39 is 8.56 Å². The Morgan fingerprint density at radius 1 is 1.54 bits per heavy atom. The van der Waals surface area contributed by atoms with Crippen LogP contribution in [0.25, 0.3) is 0 Å². The van der Waals surface area contributed by atoms with Gasteiger partial charge in [-0.2, -0.15) is 0 Å². The van der Waals surface area contributed by atoms with Crippen LogP contribution in [0.4, 0.5) is 0 Å². The van der Waals surface area contributed by atoms with Gasteiger partial charge in [0.25, 0.3) is 0 Å². The topological polar surface area (TPSA) is 18.5 Å². The molecule has 0 amide bonds. The van der Waals surface area contributed by atoms with E-state index in [0.717, 1.165) is 18.7 Å². The number of hydrogen-bond donors (Lipinski definition) is 0. The lowest BCUT2D eigenvalue weighted by molar-refractivity contribution is 0.190. The van der Waals surface area contributed by atoms with Crippen molar-refractivity contribution in [1.29, 1.82) is 0 Å². The van der Waals surface area contributed by atoms with Gasteiger partial charge < -0.3 is 8.85 Å². The quantitative estimate of drug-likeness (QED) is 0.501. The highest BCUT2D eigenvalue weighted by atomic mass is 28.4. The van der Waals surface area contributed by atoms with Crippen molar-refractivity contribution in [2.45, 2.75) is 44.7 Å². The van der Waals surface area contributed by atoms with Crippen LogP contribution in [0.15, 0.2) is 12.8 Å². The zero-order valence-electron chi connectivity index (χ0n) is 8.55. The minimum atomic E-state index is -1.82. The van der Waals surface area contributed by atoms with Crippen molar-refractivity contribution in [2.75, 3.05) is 6.61 Å². The monoisotopic (exact) mass is 200 g/mol. The Hall–Kier alpha value is -0.283. The third-order valence-corrected chi connectivity index (χ3v) is 6.08. The zero-order valence-corrected chi connectivity index (χ0v) is 9.55. The van der Waals surface area contributed by atoms with Crippen LogP contribution in [0, 0.1) is 0 Å². The Labute approximate surface area is 82.2 Å².